The van der Waals surface area contributed by atoms with Crippen molar-refractivity contribution in [2.24, 2.45) is 0 Å². The van der Waals surface area contributed by atoms with Gasteiger partial charge in [-0.15, -0.1) is 0 Å². The third-order valence-corrected chi connectivity index (χ3v) is 4.60. The topological polar surface area (TPSA) is 77.4 Å². The van der Waals surface area contributed by atoms with Crippen LogP contribution in [0.2, 0.25) is 0 Å². The Balaban J connectivity index is 1.57. The number of benzene rings is 1. The number of aliphatic hydroxyl groups excluding tert-OH is 2. The van der Waals surface area contributed by atoms with Crippen molar-refractivity contribution in [2.45, 2.75) is 69.3 Å². The van der Waals surface area contributed by atoms with E-state index in [4.69, 9.17) is 18.9 Å². The van der Waals surface area contributed by atoms with Crippen LogP contribution in [0.5, 0.6) is 0 Å². The zero-order chi connectivity index (χ0) is 17.3. The molecule has 2 N–H and O–H groups in total. The number of fused-ring (bicyclic) bond motifs is 1. The van der Waals surface area contributed by atoms with Gasteiger partial charge in [-0.2, -0.15) is 0 Å². The van der Waals surface area contributed by atoms with Crippen molar-refractivity contribution in [2.75, 3.05) is 7.11 Å². The van der Waals surface area contributed by atoms with Gasteiger partial charge in [-0.1, -0.05) is 30.3 Å². The predicted octanol–water partition coefficient (Wildman–Crippen LogP) is 1.75. The monoisotopic (exact) mass is 338 g/mol. The third kappa shape index (κ3) is 3.64. The molecule has 0 amide bonds. The number of hydrogen-bond acceptors (Lipinski definition) is 6. The molecule has 6 atom stereocenters. The fourth-order valence-corrected chi connectivity index (χ4v) is 3.42. The molecule has 0 spiro atoms. The van der Waals surface area contributed by atoms with Crippen molar-refractivity contribution in [1.29, 1.82) is 0 Å². The summed E-state index contributed by atoms with van der Waals surface area (Å²) in [6.45, 7) is 3.64. The van der Waals surface area contributed by atoms with Gasteiger partial charge in [0.1, 0.15) is 18.3 Å². The molecule has 1 aromatic rings. The zero-order valence-electron chi connectivity index (χ0n) is 14.3. The maximum Gasteiger partial charge on any atom is 0.190 e. The van der Waals surface area contributed by atoms with Gasteiger partial charge in [0, 0.05) is 7.11 Å². The molecule has 134 valence electrons. The lowest BCUT2D eigenvalue weighted by atomic mass is 9.98. The highest BCUT2D eigenvalue weighted by atomic mass is 16.8. The standard InChI is InChI=1S/C18H26O6/c1-18(2)23-16-15(21-3)14(22-17(16)24-18)13(20)10-9-12(19)11-7-5-4-6-8-11/h4-8,12-17,19-20H,9-10H2,1-3H3/t12?,13?,14-,15+,16-,17-/m1/s1. The van der Waals surface area contributed by atoms with Crippen LogP contribution in [0.3, 0.4) is 0 Å². The molecule has 2 heterocycles. The summed E-state index contributed by atoms with van der Waals surface area (Å²) >= 11 is 0. The van der Waals surface area contributed by atoms with Crippen molar-refractivity contribution in [1.82, 2.24) is 0 Å². The van der Waals surface area contributed by atoms with Crippen LogP contribution < -0.4 is 0 Å². The molecule has 0 aromatic heterocycles. The molecule has 24 heavy (non-hydrogen) atoms. The lowest BCUT2D eigenvalue weighted by Gasteiger charge is -2.28. The van der Waals surface area contributed by atoms with Crippen molar-refractivity contribution in [3.05, 3.63) is 35.9 Å². The van der Waals surface area contributed by atoms with Crippen LogP contribution in [-0.4, -0.2) is 53.8 Å². The van der Waals surface area contributed by atoms with E-state index in [0.29, 0.717) is 12.8 Å². The van der Waals surface area contributed by atoms with E-state index in [1.807, 2.05) is 44.2 Å². The van der Waals surface area contributed by atoms with Crippen LogP contribution in [-0.2, 0) is 18.9 Å². The first-order valence-electron chi connectivity index (χ1n) is 8.36. The Hall–Kier alpha value is -1.02. The lowest BCUT2D eigenvalue weighted by molar-refractivity contribution is -0.228. The average Bonchev–Trinajstić information content (AvgIpc) is 3.04. The van der Waals surface area contributed by atoms with E-state index in [9.17, 15) is 10.2 Å². The summed E-state index contributed by atoms with van der Waals surface area (Å²) in [7, 11) is 1.57. The predicted molar refractivity (Wildman–Crippen MR) is 86.1 cm³/mol. The van der Waals surface area contributed by atoms with E-state index in [1.165, 1.54) is 0 Å². The van der Waals surface area contributed by atoms with Gasteiger partial charge in [0.25, 0.3) is 0 Å². The van der Waals surface area contributed by atoms with Crippen molar-refractivity contribution in [3.63, 3.8) is 0 Å². The van der Waals surface area contributed by atoms with Gasteiger partial charge >= 0.3 is 0 Å². The molecule has 0 aliphatic carbocycles. The number of hydrogen-bond donors (Lipinski definition) is 2. The van der Waals surface area contributed by atoms with Crippen LogP contribution in [0.15, 0.2) is 30.3 Å². The molecular weight excluding hydrogens is 312 g/mol. The second-order valence-electron chi connectivity index (χ2n) is 6.84. The van der Waals surface area contributed by atoms with Gasteiger partial charge < -0.3 is 29.2 Å². The van der Waals surface area contributed by atoms with Crippen LogP contribution in [0.4, 0.5) is 0 Å². The van der Waals surface area contributed by atoms with Gasteiger partial charge in [-0.25, -0.2) is 0 Å². The Kier molecular flexibility index (Phi) is 5.24. The molecular formula is C18H26O6. The summed E-state index contributed by atoms with van der Waals surface area (Å²) in [5.74, 6) is -0.717. The number of aliphatic hydroxyl groups is 2. The van der Waals surface area contributed by atoms with E-state index >= 15 is 0 Å². The van der Waals surface area contributed by atoms with Crippen molar-refractivity contribution in [3.8, 4) is 0 Å². The quantitative estimate of drug-likeness (QED) is 0.823. The summed E-state index contributed by atoms with van der Waals surface area (Å²) in [6, 6.07) is 9.41. The second-order valence-corrected chi connectivity index (χ2v) is 6.84. The first kappa shape index (κ1) is 17.8. The Morgan fingerprint density at radius 3 is 2.50 bits per heavy atom. The van der Waals surface area contributed by atoms with Gasteiger partial charge in [-0.3, -0.25) is 0 Å². The molecule has 0 bridgehead atoms. The lowest BCUT2D eigenvalue weighted by Crippen LogP contribution is -2.42. The van der Waals surface area contributed by atoms with E-state index in [1.54, 1.807) is 7.11 Å². The van der Waals surface area contributed by atoms with Gasteiger partial charge in [0.05, 0.1) is 12.2 Å². The Bertz CT molecular complexity index is 534. The van der Waals surface area contributed by atoms with Crippen LogP contribution in [0, 0.1) is 0 Å². The molecule has 0 radical (unpaired) electrons. The molecule has 2 fully saturated rings. The largest absolute Gasteiger partial charge is 0.390 e. The Labute approximate surface area is 142 Å². The highest BCUT2D eigenvalue weighted by Crippen LogP contribution is 2.40. The highest BCUT2D eigenvalue weighted by molar-refractivity contribution is 5.17. The minimum atomic E-state index is -0.769. The molecule has 2 unspecified atom stereocenters. The summed E-state index contributed by atoms with van der Waals surface area (Å²) in [4.78, 5) is 0. The minimum Gasteiger partial charge on any atom is -0.390 e. The fourth-order valence-electron chi connectivity index (χ4n) is 3.42. The van der Waals surface area contributed by atoms with Crippen molar-refractivity contribution >= 4 is 0 Å². The van der Waals surface area contributed by atoms with Crippen LogP contribution >= 0.6 is 0 Å². The Morgan fingerprint density at radius 2 is 1.83 bits per heavy atom. The molecule has 2 aliphatic heterocycles. The number of rotatable bonds is 6. The molecule has 3 rings (SSSR count). The van der Waals surface area contributed by atoms with E-state index in [0.717, 1.165) is 5.56 Å². The van der Waals surface area contributed by atoms with E-state index in [-0.39, 0.29) is 6.10 Å². The average molecular weight is 338 g/mol. The molecule has 1 aromatic carbocycles. The summed E-state index contributed by atoms with van der Waals surface area (Å²) < 4.78 is 22.8. The second kappa shape index (κ2) is 7.07. The van der Waals surface area contributed by atoms with Gasteiger partial charge in [0.2, 0.25) is 0 Å². The fraction of sp³-hybridized carbons (Fsp3) is 0.667. The van der Waals surface area contributed by atoms with E-state index < -0.39 is 36.5 Å². The van der Waals surface area contributed by atoms with Crippen molar-refractivity contribution < 1.29 is 29.2 Å². The molecule has 6 nitrogen and oxygen atoms in total. The molecule has 6 heteroatoms. The highest BCUT2D eigenvalue weighted by Gasteiger charge is 2.56. The first-order valence-corrected chi connectivity index (χ1v) is 8.36. The maximum atomic E-state index is 10.5. The first-order chi connectivity index (χ1) is 11.4. The summed E-state index contributed by atoms with van der Waals surface area (Å²) in [6.07, 6.45) is -2.39. The Morgan fingerprint density at radius 1 is 1.12 bits per heavy atom. The SMILES string of the molecule is CO[C@@H]1[C@H]2OC(C)(C)O[C@H]2O[C@@H]1C(O)CCC(O)c1ccccc1. The van der Waals surface area contributed by atoms with Crippen LogP contribution in [0.1, 0.15) is 38.4 Å². The maximum absolute atomic E-state index is 10.5. The smallest absolute Gasteiger partial charge is 0.190 e. The third-order valence-electron chi connectivity index (χ3n) is 4.60. The zero-order valence-corrected chi connectivity index (χ0v) is 14.3. The minimum absolute atomic E-state index is 0.358. The summed E-state index contributed by atoms with van der Waals surface area (Å²) in [5, 5.41) is 20.7. The molecule has 0 saturated carbocycles. The van der Waals surface area contributed by atoms with Crippen LogP contribution in [0.25, 0.3) is 0 Å². The molecule has 2 aliphatic rings. The number of methoxy groups -OCH3 is 1. The van der Waals surface area contributed by atoms with Gasteiger partial charge in [0.15, 0.2) is 12.1 Å². The summed E-state index contributed by atoms with van der Waals surface area (Å²) in [5.41, 5.74) is 0.839. The normalized spacial score (nSPS) is 34.0. The van der Waals surface area contributed by atoms with E-state index in [2.05, 4.69) is 0 Å². The molecule has 2 saturated heterocycles. The van der Waals surface area contributed by atoms with Gasteiger partial charge in [-0.05, 0) is 32.3 Å². The number of ether oxygens (including phenoxy) is 4.